The average Bonchev–Trinajstić information content (AvgIpc) is 2.96. The first-order valence-electron chi connectivity index (χ1n) is 6.06. The molecule has 1 aromatic carbocycles. The first kappa shape index (κ1) is 15.9. The molecule has 0 spiro atoms. The van der Waals surface area contributed by atoms with Crippen LogP contribution >= 0.6 is 0 Å². The van der Waals surface area contributed by atoms with Crippen LogP contribution in [0.3, 0.4) is 0 Å². The Morgan fingerprint density at radius 1 is 1.36 bits per heavy atom. The number of hydrogen-bond acceptors (Lipinski definition) is 5. The molecule has 2 amide bonds. The summed E-state index contributed by atoms with van der Waals surface area (Å²) in [5, 5.41) is 3.62. The second-order valence-corrected chi connectivity index (χ2v) is 4.21. The first-order valence-corrected chi connectivity index (χ1v) is 6.06. The Bertz CT molecular complexity index is 560. The Labute approximate surface area is 123 Å². The van der Waals surface area contributed by atoms with Gasteiger partial charge < -0.3 is 10.2 Å². The molecule has 0 aliphatic carbocycles. The van der Waals surface area contributed by atoms with E-state index in [0.717, 1.165) is 16.8 Å². The Morgan fingerprint density at radius 3 is 2.59 bits per heavy atom. The lowest BCUT2D eigenvalue weighted by Gasteiger charge is -2.14. The van der Waals surface area contributed by atoms with Crippen LogP contribution in [-0.2, 0) is 16.2 Å². The number of urea groups is 1. The normalized spacial score (nSPS) is 14.4. The van der Waals surface area contributed by atoms with Gasteiger partial charge >= 0.3 is 12.2 Å². The van der Waals surface area contributed by atoms with E-state index in [1.165, 1.54) is 7.11 Å². The van der Waals surface area contributed by atoms with Gasteiger partial charge in [-0.15, -0.1) is 0 Å². The van der Waals surface area contributed by atoms with Gasteiger partial charge in [0, 0.05) is 6.54 Å². The van der Waals surface area contributed by atoms with Gasteiger partial charge in [-0.1, -0.05) is 17.7 Å². The number of nitrogens with zero attached hydrogens (tertiary/aromatic N) is 1. The van der Waals surface area contributed by atoms with Crippen LogP contribution in [0.1, 0.15) is 5.56 Å². The second kappa shape index (κ2) is 6.54. The molecule has 1 aliphatic rings. The molecule has 1 aromatic rings. The van der Waals surface area contributed by atoms with E-state index in [-0.39, 0.29) is 6.54 Å². The minimum atomic E-state index is -4.56. The molecule has 0 unspecified atom stereocenters. The predicted octanol–water partition coefficient (Wildman–Crippen LogP) is 1.71. The number of alkyl halides is 3. The fraction of sp³-hybridized carbons (Fsp3) is 0.250. The number of rotatable bonds is 4. The van der Waals surface area contributed by atoms with Crippen LogP contribution in [0, 0.1) is 0 Å². The molecular weight excluding hydrogens is 305 g/mol. The molecule has 22 heavy (non-hydrogen) atoms. The summed E-state index contributed by atoms with van der Waals surface area (Å²) in [5.74, 6) is -1.13. The number of hydroxylamine groups is 1. The standard InChI is InChI=1S/C12H13F3N4O3/c1-21-17-11(20)16-6-8-2-4-9(5-3-8)19-7-10(22-18-19)12(13,14)15/h2-5,7,18H,6H2,1H3,(H2,16,17,20). The molecule has 7 nitrogen and oxygen atoms in total. The molecule has 0 fully saturated rings. The molecule has 1 heterocycles. The molecule has 120 valence electrons. The van der Waals surface area contributed by atoms with Crippen LogP contribution in [0.4, 0.5) is 23.7 Å². The van der Waals surface area contributed by atoms with E-state index in [2.05, 4.69) is 26.1 Å². The van der Waals surface area contributed by atoms with Gasteiger partial charge in [-0.3, -0.25) is 4.84 Å². The van der Waals surface area contributed by atoms with Crippen molar-refractivity contribution in [3.05, 3.63) is 41.8 Å². The van der Waals surface area contributed by atoms with Gasteiger partial charge in [0.2, 0.25) is 5.76 Å². The molecule has 1 aliphatic heterocycles. The Kier molecular flexibility index (Phi) is 4.73. The number of benzene rings is 1. The highest BCUT2D eigenvalue weighted by atomic mass is 19.4. The Balaban J connectivity index is 1.95. The average molecular weight is 318 g/mol. The zero-order valence-electron chi connectivity index (χ0n) is 11.4. The Morgan fingerprint density at radius 2 is 2.05 bits per heavy atom. The highest BCUT2D eigenvalue weighted by molar-refractivity contribution is 5.72. The zero-order valence-corrected chi connectivity index (χ0v) is 11.4. The van der Waals surface area contributed by atoms with E-state index in [1.807, 2.05) is 0 Å². The lowest BCUT2D eigenvalue weighted by atomic mass is 10.2. The quantitative estimate of drug-likeness (QED) is 0.737. The van der Waals surface area contributed by atoms with Crippen molar-refractivity contribution in [3.63, 3.8) is 0 Å². The summed E-state index contributed by atoms with van der Waals surface area (Å²) in [5.41, 5.74) is 5.44. The van der Waals surface area contributed by atoms with E-state index in [4.69, 9.17) is 0 Å². The summed E-state index contributed by atoms with van der Waals surface area (Å²) in [7, 11) is 1.31. The van der Waals surface area contributed by atoms with Gasteiger partial charge in [-0.25, -0.2) is 15.3 Å². The van der Waals surface area contributed by atoms with Crippen molar-refractivity contribution in [3.8, 4) is 0 Å². The number of amides is 2. The minimum absolute atomic E-state index is 0.239. The Hall–Kier alpha value is -2.46. The van der Waals surface area contributed by atoms with Gasteiger partial charge in [0.1, 0.15) is 0 Å². The smallest absolute Gasteiger partial charge is 0.382 e. The van der Waals surface area contributed by atoms with Crippen LogP contribution in [0.5, 0.6) is 0 Å². The number of carbonyl (C=O) groups excluding carboxylic acids is 1. The number of hydrogen-bond donors (Lipinski definition) is 3. The lowest BCUT2D eigenvalue weighted by molar-refractivity contribution is -0.136. The van der Waals surface area contributed by atoms with Crippen molar-refractivity contribution in [2.24, 2.45) is 0 Å². The van der Waals surface area contributed by atoms with Crippen molar-refractivity contribution >= 4 is 11.7 Å². The monoisotopic (exact) mass is 318 g/mol. The molecule has 0 bridgehead atoms. The van der Waals surface area contributed by atoms with E-state index >= 15 is 0 Å². The minimum Gasteiger partial charge on any atom is -0.382 e. The van der Waals surface area contributed by atoms with E-state index in [1.54, 1.807) is 24.3 Å². The van der Waals surface area contributed by atoms with Crippen LogP contribution < -0.4 is 21.4 Å². The number of carbonyl (C=O) groups is 1. The maximum Gasteiger partial charge on any atom is 0.453 e. The molecular formula is C12H13F3N4O3. The summed E-state index contributed by atoms with van der Waals surface area (Å²) in [6.45, 7) is 0.239. The fourth-order valence-electron chi connectivity index (χ4n) is 1.61. The lowest BCUT2D eigenvalue weighted by Crippen LogP contribution is -2.34. The third kappa shape index (κ3) is 4.02. The van der Waals surface area contributed by atoms with Gasteiger partial charge in [0.15, 0.2) is 0 Å². The first-order chi connectivity index (χ1) is 10.4. The maximum absolute atomic E-state index is 12.4. The molecule has 3 N–H and O–H groups in total. The molecule has 2 rings (SSSR count). The predicted molar refractivity (Wildman–Crippen MR) is 69.7 cm³/mol. The summed E-state index contributed by atoms with van der Waals surface area (Å²) >= 11 is 0. The maximum atomic E-state index is 12.4. The molecule has 0 saturated heterocycles. The van der Waals surface area contributed by atoms with Crippen molar-refractivity contribution in [2.45, 2.75) is 12.7 Å². The summed E-state index contributed by atoms with van der Waals surface area (Å²) in [6.07, 6.45) is -3.75. The van der Waals surface area contributed by atoms with Crippen molar-refractivity contribution in [1.82, 2.24) is 16.4 Å². The largest absolute Gasteiger partial charge is 0.453 e. The van der Waals surface area contributed by atoms with Gasteiger partial charge in [-0.05, 0) is 17.7 Å². The highest BCUT2D eigenvalue weighted by Gasteiger charge is 2.40. The topological polar surface area (TPSA) is 74.9 Å². The van der Waals surface area contributed by atoms with E-state index in [9.17, 15) is 18.0 Å². The number of halogens is 3. The van der Waals surface area contributed by atoms with Crippen molar-refractivity contribution in [2.75, 3.05) is 12.1 Å². The third-order valence-corrected chi connectivity index (χ3v) is 2.64. The van der Waals surface area contributed by atoms with Crippen LogP contribution in [-0.4, -0.2) is 19.3 Å². The summed E-state index contributed by atoms with van der Waals surface area (Å²) in [4.78, 5) is 19.9. The van der Waals surface area contributed by atoms with Crippen molar-refractivity contribution < 1.29 is 27.6 Å². The van der Waals surface area contributed by atoms with Gasteiger partial charge in [0.25, 0.3) is 0 Å². The van der Waals surface area contributed by atoms with Gasteiger partial charge in [-0.2, -0.15) is 13.2 Å². The molecule has 10 heteroatoms. The van der Waals surface area contributed by atoms with Crippen LogP contribution in [0.25, 0.3) is 0 Å². The van der Waals surface area contributed by atoms with Crippen LogP contribution in [0.2, 0.25) is 0 Å². The molecule has 0 saturated carbocycles. The summed E-state index contributed by atoms with van der Waals surface area (Å²) < 4.78 is 37.3. The van der Waals surface area contributed by atoms with Crippen LogP contribution in [0.15, 0.2) is 36.2 Å². The highest BCUT2D eigenvalue weighted by Crippen LogP contribution is 2.30. The molecule has 0 atom stereocenters. The van der Waals surface area contributed by atoms with Gasteiger partial charge in [0.05, 0.1) is 19.0 Å². The number of nitrogens with one attached hydrogen (secondary N) is 3. The molecule has 0 radical (unpaired) electrons. The number of hydrazine groups is 1. The summed E-state index contributed by atoms with van der Waals surface area (Å²) in [6, 6.07) is 5.97. The fourth-order valence-corrected chi connectivity index (χ4v) is 1.61. The third-order valence-electron chi connectivity index (χ3n) is 2.64. The second-order valence-electron chi connectivity index (χ2n) is 4.21. The van der Waals surface area contributed by atoms with E-state index < -0.39 is 18.0 Å². The number of anilines is 1. The zero-order chi connectivity index (χ0) is 16.2. The van der Waals surface area contributed by atoms with E-state index in [0.29, 0.717) is 5.69 Å². The number of allylic oxidation sites excluding steroid dienone is 1. The molecule has 0 aromatic heterocycles. The van der Waals surface area contributed by atoms with Crippen molar-refractivity contribution in [1.29, 1.82) is 0 Å². The SMILES string of the molecule is CONC(=O)NCc1ccc(N2C=C(C(F)(F)F)ON2)cc1.